The van der Waals surface area contributed by atoms with Gasteiger partial charge in [0.2, 0.25) is 0 Å². The summed E-state index contributed by atoms with van der Waals surface area (Å²) >= 11 is 12.0. The number of carboxylic acids is 1. The van der Waals surface area contributed by atoms with Crippen molar-refractivity contribution in [3.8, 4) is 9.88 Å². The number of carboxylic acid groups (broad SMARTS) is 1. The predicted octanol–water partition coefficient (Wildman–Crippen LogP) is 3.37. The first-order chi connectivity index (χ1) is 7.99. The molecular formula is C9H6BrClN2O2S2. The second-order valence-electron chi connectivity index (χ2n) is 3.13. The van der Waals surface area contributed by atoms with Crippen LogP contribution in [0.2, 0.25) is 4.34 Å². The van der Waals surface area contributed by atoms with Gasteiger partial charge >= 0.3 is 5.97 Å². The van der Waals surface area contributed by atoms with E-state index in [9.17, 15) is 4.79 Å². The molecule has 0 saturated carbocycles. The minimum atomic E-state index is -1.09. The lowest BCUT2D eigenvalue weighted by Crippen LogP contribution is -2.20. The third-order valence-electron chi connectivity index (χ3n) is 1.96. The van der Waals surface area contributed by atoms with Crippen LogP contribution in [0, 0.1) is 0 Å². The van der Waals surface area contributed by atoms with E-state index in [4.69, 9.17) is 22.4 Å². The molecule has 0 aliphatic rings. The SMILES string of the molecule is NC(C(=O)O)c1csc(-c2cc(Br)c(Cl)s2)n1. The molecule has 2 aromatic heterocycles. The first-order valence-corrected chi connectivity index (χ1v) is 7.24. The molecule has 2 heterocycles. The zero-order valence-corrected chi connectivity index (χ0v) is 12.2. The van der Waals surface area contributed by atoms with Crippen LogP contribution in [0.15, 0.2) is 15.9 Å². The number of hydrogen-bond acceptors (Lipinski definition) is 5. The lowest BCUT2D eigenvalue weighted by molar-refractivity contribution is -0.138. The van der Waals surface area contributed by atoms with Gasteiger partial charge in [-0.25, -0.2) is 4.98 Å². The molecule has 0 amide bonds. The molecule has 1 unspecified atom stereocenters. The summed E-state index contributed by atoms with van der Waals surface area (Å²) in [4.78, 5) is 15.8. The molecule has 2 aromatic rings. The van der Waals surface area contributed by atoms with Crippen LogP contribution in [0.1, 0.15) is 11.7 Å². The highest BCUT2D eigenvalue weighted by molar-refractivity contribution is 9.10. The van der Waals surface area contributed by atoms with Gasteiger partial charge in [0, 0.05) is 9.85 Å². The Hall–Kier alpha value is -0.470. The van der Waals surface area contributed by atoms with Gasteiger partial charge in [0.15, 0.2) is 0 Å². The van der Waals surface area contributed by atoms with Gasteiger partial charge in [-0.15, -0.1) is 22.7 Å². The summed E-state index contributed by atoms with van der Waals surface area (Å²) in [6, 6.07) is 0.765. The normalized spacial score (nSPS) is 12.6. The summed E-state index contributed by atoms with van der Waals surface area (Å²) in [5, 5.41) is 11.1. The molecule has 0 aliphatic heterocycles. The molecule has 0 saturated heterocycles. The van der Waals surface area contributed by atoms with E-state index >= 15 is 0 Å². The van der Waals surface area contributed by atoms with Crippen LogP contribution in [0.3, 0.4) is 0 Å². The maximum Gasteiger partial charge on any atom is 0.326 e. The van der Waals surface area contributed by atoms with Crippen LogP contribution in [0.5, 0.6) is 0 Å². The summed E-state index contributed by atoms with van der Waals surface area (Å²) in [7, 11) is 0. The Labute approximate surface area is 118 Å². The molecule has 0 aliphatic carbocycles. The van der Waals surface area contributed by atoms with Gasteiger partial charge in [0.05, 0.1) is 10.6 Å². The standard InChI is InChI=1S/C9H6BrClN2O2S2/c10-3-1-5(17-7(3)11)8-13-4(2-16-8)6(12)9(14)15/h1-2,6H,12H2,(H,14,15). The second kappa shape index (κ2) is 5.03. The maximum atomic E-state index is 10.7. The van der Waals surface area contributed by atoms with Gasteiger partial charge in [-0.2, -0.15) is 0 Å². The van der Waals surface area contributed by atoms with Crippen molar-refractivity contribution in [2.75, 3.05) is 0 Å². The lowest BCUT2D eigenvalue weighted by Gasteiger charge is -2.00. The topological polar surface area (TPSA) is 76.2 Å². The number of thiazole rings is 1. The third-order valence-corrected chi connectivity index (χ3v) is 5.47. The quantitative estimate of drug-likeness (QED) is 0.887. The van der Waals surface area contributed by atoms with Crippen molar-refractivity contribution in [3.05, 3.63) is 25.9 Å². The lowest BCUT2D eigenvalue weighted by atomic mass is 10.2. The zero-order valence-electron chi connectivity index (χ0n) is 8.18. The Balaban J connectivity index is 2.32. The monoisotopic (exact) mass is 352 g/mol. The molecule has 0 aromatic carbocycles. The van der Waals surface area contributed by atoms with Gasteiger partial charge in [-0.05, 0) is 22.0 Å². The van der Waals surface area contributed by atoms with Crippen molar-refractivity contribution < 1.29 is 9.90 Å². The van der Waals surface area contributed by atoms with Crippen LogP contribution in [-0.4, -0.2) is 16.1 Å². The molecular weight excluding hydrogens is 348 g/mol. The fourth-order valence-corrected chi connectivity index (χ4v) is 3.74. The molecule has 0 radical (unpaired) electrons. The number of halogens is 2. The van der Waals surface area contributed by atoms with Gasteiger partial charge in [0.1, 0.15) is 15.4 Å². The smallest absolute Gasteiger partial charge is 0.326 e. The highest BCUT2D eigenvalue weighted by Crippen LogP contribution is 2.39. The highest BCUT2D eigenvalue weighted by Gasteiger charge is 2.19. The molecule has 0 bridgehead atoms. The van der Waals surface area contributed by atoms with Crippen LogP contribution in [0.25, 0.3) is 9.88 Å². The summed E-state index contributed by atoms with van der Waals surface area (Å²) in [6.45, 7) is 0. The van der Waals surface area contributed by atoms with Gasteiger partial charge in [-0.3, -0.25) is 4.79 Å². The highest BCUT2D eigenvalue weighted by atomic mass is 79.9. The number of nitrogens with zero attached hydrogens (tertiary/aromatic N) is 1. The van der Waals surface area contributed by atoms with E-state index < -0.39 is 12.0 Å². The Bertz CT molecular complexity index is 550. The van der Waals surface area contributed by atoms with Crippen molar-refractivity contribution in [2.45, 2.75) is 6.04 Å². The summed E-state index contributed by atoms with van der Waals surface area (Å²) in [5.41, 5.74) is 5.84. The first kappa shape index (κ1) is 13.0. The van der Waals surface area contributed by atoms with Crippen molar-refractivity contribution in [1.29, 1.82) is 0 Å². The fourth-order valence-electron chi connectivity index (χ4n) is 1.12. The molecule has 8 heteroatoms. The van der Waals surface area contributed by atoms with Crippen molar-refractivity contribution in [3.63, 3.8) is 0 Å². The Morgan fingerprint density at radius 3 is 2.88 bits per heavy atom. The Morgan fingerprint density at radius 2 is 2.35 bits per heavy atom. The summed E-state index contributed by atoms with van der Waals surface area (Å²) in [6.07, 6.45) is 0. The molecule has 90 valence electrons. The number of thiophene rings is 1. The summed E-state index contributed by atoms with van der Waals surface area (Å²) < 4.78 is 1.44. The fraction of sp³-hybridized carbons (Fsp3) is 0.111. The maximum absolute atomic E-state index is 10.7. The largest absolute Gasteiger partial charge is 0.480 e. The number of carbonyl (C=O) groups is 1. The minimum Gasteiger partial charge on any atom is -0.480 e. The van der Waals surface area contributed by atoms with Crippen molar-refractivity contribution >= 4 is 56.2 Å². The molecule has 17 heavy (non-hydrogen) atoms. The van der Waals surface area contributed by atoms with Crippen LogP contribution in [0.4, 0.5) is 0 Å². The molecule has 2 rings (SSSR count). The number of aliphatic carboxylic acids is 1. The average Bonchev–Trinajstić information content (AvgIpc) is 2.85. The number of aromatic nitrogens is 1. The van der Waals surface area contributed by atoms with Crippen molar-refractivity contribution in [2.24, 2.45) is 5.73 Å². The van der Waals surface area contributed by atoms with E-state index in [2.05, 4.69) is 20.9 Å². The number of rotatable bonds is 3. The second-order valence-corrected chi connectivity index (χ2v) is 6.49. The van der Waals surface area contributed by atoms with E-state index in [0.29, 0.717) is 15.0 Å². The zero-order chi connectivity index (χ0) is 12.6. The Kier molecular flexibility index (Phi) is 3.84. The van der Waals surface area contributed by atoms with E-state index in [1.165, 1.54) is 22.7 Å². The van der Waals surface area contributed by atoms with E-state index in [0.717, 1.165) is 9.35 Å². The van der Waals surface area contributed by atoms with Crippen molar-refractivity contribution in [1.82, 2.24) is 4.98 Å². The molecule has 0 fully saturated rings. The van der Waals surface area contributed by atoms with Crippen LogP contribution >= 0.6 is 50.2 Å². The molecule has 0 spiro atoms. The minimum absolute atomic E-state index is 0.359. The average molecular weight is 354 g/mol. The molecule has 3 N–H and O–H groups in total. The van der Waals surface area contributed by atoms with E-state index in [1.807, 2.05) is 6.07 Å². The van der Waals surface area contributed by atoms with Gasteiger partial charge in [0.25, 0.3) is 0 Å². The van der Waals surface area contributed by atoms with Crippen LogP contribution in [-0.2, 0) is 4.79 Å². The third kappa shape index (κ3) is 2.69. The van der Waals surface area contributed by atoms with E-state index in [1.54, 1.807) is 5.38 Å². The van der Waals surface area contributed by atoms with E-state index in [-0.39, 0.29) is 0 Å². The summed E-state index contributed by atoms with van der Waals surface area (Å²) in [5.74, 6) is -1.09. The van der Waals surface area contributed by atoms with Gasteiger partial charge < -0.3 is 10.8 Å². The van der Waals surface area contributed by atoms with Gasteiger partial charge in [-0.1, -0.05) is 11.6 Å². The van der Waals surface area contributed by atoms with Crippen LogP contribution < -0.4 is 5.73 Å². The number of nitrogens with two attached hydrogens (primary N) is 1. The first-order valence-electron chi connectivity index (χ1n) is 4.38. The number of hydrogen-bond donors (Lipinski definition) is 2. The molecule has 1 atom stereocenters. The predicted molar refractivity (Wildman–Crippen MR) is 72.7 cm³/mol. The Morgan fingerprint density at radius 1 is 1.65 bits per heavy atom. The molecule has 4 nitrogen and oxygen atoms in total.